The van der Waals surface area contributed by atoms with Gasteiger partial charge in [-0.2, -0.15) is 5.10 Å². The quantitative estimate of drug-likeness (QED) is 0.915. The van der Waals surface area contributed by atoms with E-state index in [1.54, 1.807) is 0 Å². The van der Waals surface area contributed by atoms with Crippen LogP contribution in [0.25, 0.3) is 0 Å². The van der Waals surface area contributed by atoms with Gasteiger partial charge in [-0.05, 0) is 12.1 Å². The van der Waals surface area contributed by atoms with E-state index in [4.69, 9.17) is 23.2 Å². The van der Waals surface area contributed by atoms with Crippen molar-refractivity contribution in [3.63, 3.8) is 0 Å². The first kappa shape index (κ1) is 13.1. The molecule has 0 atom stereocenters. The second kappa shape index (κ2) is 4.75. The lowest BCUT2D eigenvalue weighted by molar-refractivity contribution is 0.601. The molecule has 0 amide bonds. The van der Waals surface area contributed by atoms with E-state index in [0.717, 1.165) is 18.3 Å². The molecular formula is C9H6Cl2FN3O2S. The second-order valence-corrected chi connectivity index (χ2v) is 5.78. The topological polar surface area (TPSA) is 74.8 Å². The van der Waals surface area contributed by atoms with Crippen molar-refractivity contribution >= 4 is 38.9 Å². The van der Waals surface area contributed by atoms with Crippen LogP contribution in [0.5, 0.6) is 0 Å². The maximum atomic E-state index is 13.0. The molecule has 1 aromatic heterocycles. The average Bonchev–Trinajstić information content (AvgIpc) is 2.77. The number of rotatable bonds is 3. The number of aromatic nitrogens is 2. The molecule has 0 bridgehead atoms. The number of nitrogens with zero attached hydrogens (tertiary/aromatic N) is 1. The van der Waals surface area contributed by atoms with Crippen LogP contribution >= 0.6 is 23.2 Å². The molecule has 2 rings (SSSR count). The van der Waals surface area contributed by atoms with Crippen molar-refractivity contribution in [1.29, 1.82) is 0 Å². The summed E-state index contributed by atoms with van der Waals surface area (Å²) in [5.41, 5.74) is -0.0825. The Morgan fingerprint density at radius 3 is 2.39 bits per heavy atom. The molecule has 0 spiro atoms. The third-order valence-electron chi connectivity index (χ3n) is 2.03. The van der Waals surface area contributed by atoms with Crippen LogP contribution in [-0.2, 0) is 10.0 Å². The molecule has 9 heteroatoms. The van der Waals surface area contributed by atoms with E-state index in [9.17, 15) is 12.8 Å². The van der Waals surface area contributed by atoms with Crippen LogP contribution in [0.3, 0.4) is 0 Å². The smallest absolute Gasteiger partial charge is 0.265 e. The summed E-state index contributed by atoms with van der Waals surface area (Å²) < 4.78 is 38.9. The van der Waals surface area contributed by atoms with Gasteiger partial charge >= 0.3 is 0 Å². The highest BCUT2D eigenvalue weighted by Gasteiger charge is 2.19. The fourth-order valence-electron chi connectivity index (χ4n) is 1.22. The molecule has 0 radical (unpaired) electrons. The third kappa shape index (κ3) is 2.58. The van der Waals surface area contributed by atoms with Crippen LogP contribution in [0.1, 0.15) is 0 Å². The van der Waals surface area contributed by atoms with Crippen LogP contribution < -0.4 is 4.72 Å². The molecular weight excluding hydrogens is 304 g/mol. The lowest BCUT2D eigenvalue weighted by atomic mass is 10.3. The molecule has 0 aliphatic carbocycles. The molecule has 0 unspecified atom stereocenters. The number of hydrogen-bond acceptors (Lipinski definition) is 3. The monoisotopic (exact) mass is 309 g/mol. The van der Waals surface area contributed by atoms with Crippen molar-refractivity contribution in [2.45, 2.75) is 4.90 Å². The maximum absolute atomic E-state index is 13.0. The molecule has 0 aliphatic rings. The number of benzene rings is 1. The molecule has 0 saturated carbocycles. The van der Waals surface area contributed by atoms with Crippen molar-refractivity contribution in [2.24, 2.45) is 0 Å². The number of aromatic amines is 1. The molecule has 2 aromatic rings. The Labute approximate surface area is 112 Å². The van der Waals surface area contributed by atoms with Gasteiger partial charge in [0.15, 0.2) is 0 Å². The Kier molecular flexibility index (Phi) is 3.47. The Hall–Kier alpha value is -1.31. The Balaban J connectivity index is 2.42. The van der Waals surface area contributed by atoms with E-state index in [1.165, 1.54) is 6.20 Å². The van der Waals surface area contributed by atoms with Gasteiger partial charge < -0.3 is 0 Å². The predicted molar refractivity (Wildman–Crippen MR) is 65.8 cm³/mol. The van der Waals surface area contributed by atoms with Crippen LogP contribution in [0.15, 0.2) is 29.4 Å². The van der Waals surface area contributed by atoms with Gasteiger partial charge in [-0.3, -0.25) is 9.82 Å². The average molecular weight is 310 g/mol. The van der Waals surface area contributed by atoms with Gasteiger partial charge in [0.25, 0.3) is 10.0 Å². The van der Waals surface area contributed by atoms with E-state index in [1.807, 2.05) is 0 Å². The number of hydrogen-bond donors (Lipinski definition) is 2. The third-order valence-corrected chi connectivity index (χ3v) is 3.94. The number of halogens is 3. The Morgan fingerprint density at radius 2 is 1.89 bits per heavy atom. The highest BCUT2D eigenvalue weighted by atomic mass is 35.5. The van der Waals surface area contributed by atoms with E-state index >= 15 is 0 Å². The molecule has 5 nitrogen and oxygen atoms in total. The fourth-order valence-corrected chi connectivity index (χ4v) is 2.89. The van der Waals surface area contributed by atoms with Crippen molar-refractivity contribution in [3.05, 3.63) is 40.4 Å². The number of H-pyrrole nitrogens is 1. The summed E-state index contributed by atoms with van der Waals surface area (Å²) in [5, 5.41) is 5.62. The predicted octanol–water partition coefficient (Wildman–Crippen LogP) is 2.66. The SMILES string of the molecule is O=S(=O)(Nc1c(Cl)cc(F)cc1Cl)c1cn[nH]c1. The Morgan fingerprint density at radius 1 is 1.28 bits per heavy atom. The zero-order chi connectivity index (χ0) is 13.3. The van der Waals surface area contributed by atoms with Crippen LogP contribution in [0, 0.1) is 5.82 Å². The van der Waals surface area contributed by atoms with Crippen LogP contribution in [0.2, 0.25) is 10.0 Å². The maximum Gasteiger partial charge on any atom is 0.265 e. The molecule has 96 valence electrons. The van der Waals surface area contributed by atoms with Crippen molar-refractivity contribution in [3.8, 4) is 0 Å². The zero-order valence-electron chi connectivity index (χ0n) is 8.62. The van der Waals surface area contributed by atoms with Gasteiger partial charge in [0, 0.05) is 6.20 Å². The highest BCUT2D eigenvalue weighted by molar-refractivity contribution is 7.92. The standard InChI is InChI=1S/C9H6Cl2FN3O2S/c10-7-1-5(12)2-8(11)9(7)15-18(16,17)6-3-13-14-4-6/h1-4,15H,(H,13,14). The van der Waals surface area contributed by atoms with Crippen molar-refractivity contribution in [1.82, 2.24) is 10.2 Å². The van der Waals surface area contributed by atoms with E-state index in [-0.39, 0.29) is 20.6 Å². The summed E-state index contributed by atoms with van der Waals surface area (Å²) in [7, 11) is -3.86. The first-order valence-electron chi connectivity index (χ1n) is 4.56. The number of sulfonamides is 1. The lowest BCUT2D eigenvalue weighted by Gasteiger charge is -2.10. The minimum atomic E-state index is -3.86. The van der Waals surface area contributed by atoms with Crippen molar-refractivity contribution in [2.75, 3.05) is 4.72 Å². The number of anilines is 1. The normalized spacial score (nSPS) is 11.5. The zero-order valence-corrected chi connectivity index (χ0v) is 10.9. The molecule has 0 saturated heterocycles. The first-order valence-corrected chi connectivity index (χ1v) is 6.80. The number of nitrogens with one attached hydrogen (secondary N) is 2. The summed E-state index contributed by atoms with van der Waals surface area (Å²) in [6.07, 6.45) is 2.31. The molecule has 0 aliphatic heterocycles. The summed E-state index contributed by atoms with van der Waals surface area (Å²) in [5.74, 6) is -0.656. The largest absolute Gasteiger partial charge is 0.284 e. The van der Waals surface area contributed by atoms with E-state index in [2.05, 4.69) is 14.9 Å². The first-order chi connectivity index (χ1) is 8.40. The summed E-state index contributed by atoms with van der Waals surface area (Å²) >= 11 is 11.5. The lowest BCUT2D eigenvalue weighted by Crippen LogP contribution is -2.13. The Bertz CT molecular complexity index is 650. The van der Waals surface area contributed by atoms with Crippen LogP contribution in [-0.4, -0.2) is 18.6 Å². The van der Waals surface area contributed by atoms with Crippen LogP contribution in [0.4, 0.5) is 10.1 Å². The molecule has 18 heavy (non-hydrogen) atoms. The van der Waals surface area contributed by atoms with Gasteiger partial charge in [0.2, 0.25) is 0 Å². The van der Waals surface area contributed by atoms with E-state index < -0.39 is 15.8 Å². The second-order valence-electron chi connectivity index (χ2n) is 3.28. The molecule has 2 N–H and O–H groups in total. The van der Waals surface area contributed by atoms with Gasteiger partial charge in [0.05, 0.1) is 21.9 Å². The van der Waals surface area contributed by atoms with Gasteiger partial charge in [0.1, 0.15) is 10.7 Å². The molecule has 1 heterocycles. The fraction of sp³-hybridized carbons (Fsp3) is 0. The van der Waals surface area contributed by atoms with E-state index in [0.29, 0.717) is 0 Å². The van der Waals surface area contributed by atoms with Gasteiger partial charge in [-0.1, -0.05) is 23.2 Å². The van der Waals surface area contributed by atoms with Gasteiger partial charge in [-0.25, -0.2) is 12.8 Å². The minimum Gasteiger partial charge on any atom is -0.284 e. The molecule has 1 aromatic carbocycles. The van der Waals surface area contributed by atoms with Gasteiger partial charge in [-0.15, -0.1) is 0 Å². The summed E-state index contributed by atoms with van der Waals surface area (Å²) in [6.45, 7) is 0. The summed E-state index contributed by atoms with van der Waals surface area (Å²) in [4.78, 5) is -0.0843. The summed E-state index contributed by atoms with van der Waals surface area (Å²) in [6, 6.07) is 1.92. The van der Waals surface area contributed by atoms with Crippen molar-refractivity contribution < 1.29 is 12.8 Å². The highest BCUT2D eigenvalue weighted by Crippen LogP contribution is 2.32. The molecule has 0 fully saturated rings. The minimum absolute atomic E-state index is 0.0825.